The van der Waals surface area contributed by atoms with Gasteiger partial charge >= 0.3 is 0 Å². The molecule has 1 aliphatic heterocycles. The summed E-state index contributed by atoms with van der Waals surface area (Å²) in [5.74, 6) is -1.16. The highest BCUT2D eigenvalue weighted by Crippen LogP contribution is 2.29. The number of aromatic nitrogens is 1. The monoisotopic (exact) mass is 451 g/mol. The summed E-state index contributed by atoms with van der Waals surface area (Å²) in [5.41, 5.74) is 0.829. The Balaban J connectivity index is 1.70. The number of nitrogens with zero attached hydrogens (tertiary/aromatic N) is 1. The van der Waals surface area contributed by atoms with Crippen molar-refractivity contribution < 1.29 is 22.7 Å². The molecule has 1 saturated heterocycles. The average Bonchev–Trinajstić information content (AvgIpc) is 3.19. The number of amides is 1. The van der Waals surface area contributed by atoms with E-state index in [0.717, 1.165) is 6.07 Å². The first-order chi connectivity index (χ1) is 14.3. The molecule has 1 aliphatic rings. The van der Waals surface area contributed by atoms with Crippen molar-refractivity contribution in [1.29, 1.82) is 0 Å². The molecule has 30 heavy (non-hydrogen) atoms. The second-order valence-corrected chi connectivity index (χ2v) is 9.45. The van der Waals surface area contributed by atoms with Gasteiger partial charge in [-0.2, -0.15) is 4.31 Å². The van der Waals surface area contributed by atoms with E-state index in [1.54, 1.807) is 18.3 Å². The Labute approximate surface area is 177 Å². The van der Waals surface area contributed by atoms with E-state index >= 15 is 0 Å². The third-order valence-electron chi connectivity index (χ3n) is 5.10. The van der Waals surface area contributed by atoms with Crippen molar-refractivity contribution in [2.24, 2.45) is 0 Å². The summed E-state index contributed by atoms with van der Waals surface area (Å²) in [4.78, 5) is 15.7. The van der Waals surface area contributed by atoms with E-state index in [1.807, 2.05) is 0 Å². The van der Waals surface area contributed by atoms with Crippen LogP contribution in [0.3, 0.4) is 0 Å². The quantitative estimate of drug-likeness (QED) is 0.566. The van der Waals surface area contributed by atoms with E-state index < -0.39 is 27.9 Å². The van der Waals surface area contributed by atoms with Gasteiger partial charge in [0.25, 0.3) is 5.91 Å². The molecule has 2 aromatic carbocycles. The van der Waals surface area contributed by atoms with Gasteiger partial charge < -0.3 is 15.4 Å². The zero-order valence-electron chi connectivity index (χ0n) is 15.7. The minimum absolute atomic E-state index is 0.0105. The lowest BCUT2D eigenvalue weighted by atomic mass is 10.1. The standard InChI is InChI=1S/C20H19ClFN3O4S/c21-16-11-14(1-2-17(16)22)24-20(27)13-9-12-3-6-23-19(12)18(10-13)30(28,29)25-7-4-15(26)5-8-25/h1-3,6,9-11,15,23,26H,4-5,7-8H2,(H,24,27). The fourth-order valence-electron chi connectivity index (χ4n) is 3.47. The van der Waals surface area contributed by atoms with Gasteiger partial charge in [0.05, 0.1) is 16.6 Å². The van der Waals surface area contributed by atoms with Crippen molar-refractivity contribution >= 4 is 44.1 Å². The summed E-state index contributed by atoms with van der Waals surface area (Å²) in [6.45, 7) is 0.409. The number of anilines is 1. The number of carbonyl (C=O) groups is 1. The van der Waals surface area contributed by atoms with E-state index in [0.29, 0.717) is 23.7 Å². The molecule has 3 aromatic rings. The number of fused-ring (bicyclic) bond motifs is 1. The first kappa shape index (κ1) is 20.8. The van der Waals surface area contributed by atoms with Crippen LogP contribution >= 0.6 is 11.6 Å². The van der Waals surface area contributed by atoms with Crippen LogP contribution in [0.25, 0.3) is 10.9 Å². The number of rotatable bonds is 4. The molecule has 0 saturated carbocycles. The molecular formula is C20H19ClFN3O4S. The third-order valence-corrected chi connectivity index (χ3v) is 7.32. The van der Waals surface area contributed by atoms with Crippen molar-refractivity contribution in [3.63, 3.8) is 0 Å². The van der Waals surface area contributed by atoms with Crippen molar-refractivity contribution in [2.45, 2.75) is 23.8 Å². The highest BCUT2D eigenvalue weighted by molar-refractivity contribution is 7.89. The Morgan fingerprint density at radius 3 is 2.63 bits per heavy atom. The molecular weight excluding hydrogens is 433 g/mol. The van der Waals surface area contributed by atoms with Gasteiger partial charge in [-0.1, -0.05) is 11.6 Å². The number of piperidine rings is 1. The van der Waals surface area contributed by atoms with Crippen molar-refractivity contribution in [3.05, 3.63) is 59.0 Å². The number of hydrogen-bond acceptors (Lipinski definition) is 4. The molecule has 2 heterocycles. The number of aliphatic hydroxyl groups is 1. The topological polar surface area (TPSA) is 102 Å². The number of carbonyl (C=O) groups excluding carboxylic acids is 1. The van der Waals surface area contributed by atoms with E-state index in [-0.39, 0.29) is 34.3 Å². The van der Waals surface area contributed by atoms with Crippen LogP contribution in [-0.2, 0) is 10.0 Å². The van der Waals surface area contributed by atoms with Crippen LogP contribution in [0.15, 0.2) is 47.5 Å². The molecule has 0 radical (unpaired) electrons. The average molecular weight is 452 g/mol. The van der Waals surface area contributed by atoms with Gasteiger partial charge in [-0.3, -0.25) is 4.79 Å². The van der Waals surface area contributed by atoms with Crippen LogP contribution in [0.5, 0.6) is 0 Å². The Morgan fingerprint density at radius 1 is 1.20 bits per heavy atom. The molecule has 1 amide bonds. The normalized spacial score (nSPS) is 16.1. The summed E-state index contributed by atoms with van der Waals surface area (Å²) >= 11 is 5.76. The lowest BCUT2D eigenvalue weighted by Gasteiger charge is -2.29. The molecule has 7 nitrogen and oxygen atoms in total. The number of halogens is 2. The minimum atomic E-state index is -3.88. The van der Waals surface area contributed by atoms with E-state index in [9.17, 15) is 22.7 Å². The summed E-state index contributed by atoms with van der Waals surface area (Å²) in [7, 11) is -3.88. The van der Waals surface area contributed by atoms with Crippen LogP contribution in [-0.4, -0.2) is 47.9 Å². The van der Waals surface area contributed by atoms with Crippen LogP contribution in [0, 0.1) is 5.82 Å². The molecule has 0 bridgehead atoms. The van der Waals surface area contributed by atoms with Gasteiger partial charge in [-0.15, -0.1) is 0 Å². The van der Waals surface area contributed by atoms with Crippen LogP contribution in [0.2, 0.25) is 5.02 Å². The zero-order valence-corrected chi connectivity index (χ0v) is 17.3. The predicted molar refractivity (Wildman–Crippen MR) is 112 cm³/mol. The SMILES string of the molecule is O=C(Nc1ccc(F)c(Cl)c1)c1cc(S(=O)(=O)N2CCC(O)CC2)c2[nH]ccc2c1. The molecule has 158 valence electrons. The highest BCUT2D eigenvalue weighted by atomic mass is 35.5. The molecule has 0 spiro atoms. The highest BCUT2D eigenvalue weighted by Gasteiger charge is 2.31. The number of hydrogen-bond donors (Lipinski definition) is 3. The smallest absolute Gasteiger partial charge is 0.255 e. The number of nitrogens with one attached hydrogen (secondary N) is 2. The number of benzene rings is 2. The molecule has 4 rings (SSSR count). The van der Waals surface area contributed by atoms with E-state index in [1.165, 1.54) is 22.5 Å². The third kappa shape index (κ3) is 3.93. The minimum Gasteiger partial charge on any atom is -0.393 e. The fraction of sp³-hybridized carbons (Fsp3) is 0.250. The maximum absolute atomic E-state index is 13.3. The van der Waals surface area contributed by atoms with Crippen LogP contribution < -0.4 is 5.32 Å². The van der Waals surface area contributed by atoms with Gasteiger partial charge in [-0.05, 0) is 49.2 Å². The second kappa shape index (κ2) is 7.99. The van der Waals surface area contributed by atoms with Gasteiger partial charge in [0.15, 0.2) is 0 Å². The molecule has 0 unspecified atom stereocenters. The number of aliphatic hydroxyl groups excluding tert-OH is 1. The van der Waals surface area contributed by atoms with Gasteiger partial charge in [0.2, 0.25) is 10.0 Å². The van der Waals surface area contributed by atoms with Gasteiger partial charge in [0.1, 0.15) is 10.7 Å². The van der Waals surface area contributed by atoms with Crippen molar-refractivity contribution in [2.75, 3.05) is 18.4 Å². The summed E-state index contributed by atoms with van der Waals surface area (Å²) < 4.78 is 41.2. The lowest BCUT2D eigenvalue weighted by molar-refractivity contribution is 0.102. The summed E-state index contributed by atoms with van der Waals surface area (Å²) in [6, 6.07) is 8.35. The lowest BCUT2D eigenvalue weighted by Crippen LogP contribution is -2.40. The molecule has 1 aromatic heterocycles. The number of aromatic amines is 1. The Kier molecular flexibility index (Phi) is 5.54. The predicted octanol–water partition coefficient (Wildman–Crippen LogP) is 3.36. The van der Waals surface area contributed by atoms with Crippen LogP contribution in [0.4, 0.5) is 10.1 Å². The Bertz CT molecular complexity index is 1220. The number of H-pyrrole nitrogens is 1. The van der Waals surface area contributed by atoms with E-state index in [2.05, 4.69) is 10.3 Å². The molecule has 10 heteroatoms. The first-order valence-electron chi connectivity index (χ1n) is 9.31. The Morgan fingerprint density at radius 2 is 1.93 bits per heavy atom. The maximum atomic E-state index is 13.3. The van der Waals surface area contributed by atoms with Crippen LogP contribution in [0.1, 0.15) is 23.2 Å². The summed E-state index contributed by atoms with van der Waals surface area (Å²) in [5, 5.41) is 12.7. The van der Waals surface area contributed by atoms with Crippen molar-refractivity contribution in [1.82, 2.24) is 9.29 Å². The molecule has 0 aliphatic carbocycles. The largest absolute Gasteiger partial charge is 0.393 e. The van der Waals surface area contributed by atoms with Gasteiger partial charge in [0, 0.05) is 35.9 Å². The fourth-order valence-corrected chi connectivity index (χ4v) is 5.33. The second-order valence-electron chi connectivity index (χ2n) is 7.13. The summed E-state index contributed by atoms with van der Waals surface area (Å²) in [6.07, 6.45) is 1.81. The molecule has 1 fully saturated rings. The van der Waals surface area contributed by atoms with E-state index in [4.69, 9.17) is 11.6 Å². The first-order valence-corrected chi connectivity index (χ1v) is 11.1. The maximum Gasteiger partial charge on any atom is 0.255 e. The Hall–Kier alpha value is -2.46. The van der Waals surface area contributed by atoms with Gasteiger partial charge in [-0.25, -0.2) is 12.8 Å². The zero-order chi connectivity index (χ0) is 21.5. The molecule has 3 N–H and O–H groups in total. The molecule has 0 atom stereocenters. The van der Waals surface area contributed by atoms with Crippen molar-refractivity contribution in [3.8, 4) is 0 Å². The number of sulfonamides is 1.